The molecule has 2 aliphatic heterocycles. The van der Waals surface area contributed by atoms with Crippen LogP contribution >= 0.6 is 0 Å². The number of hydrogen-bond donors (Lipinski definition) is 1. The number of fused-ring (bicyclic) bond motifs is 2. The number of rotatable bonds is 2. The third-order valence-electron chi connectivity index (χ3n) is 4.59. The Morgan fingerprint density at radius 1 is 1.15 bits per heavy atom. The smallest absolute Gasteiger partial charge is 0.0433 e. The van der Waals surface area contributed by atoms with Crippen LogP contribution in [0.3, 0.4) is 0 Å². The molecule has 1 unspecified atom stereocenters. The minimum atomic E-state index is 0.591. The van der Waals surface area contributed by atoms with Crippen LogP contribution in [0.2, 0.25) is 0 Å². The van der Waals surface area contributed by atoms with Crippen LogP contribution in [0, 0.1) is 0 Å². The van der Waals surface area contributed by atoms with E-state index < -0.39 is 0 Å². The van der Waals surface area contributed by atoms with Gasteiger partial charge in [-0.3, -0.25) is 0 Å². The highest BCUT2D eigenvalue weighted by atomic mass is 15.2. The number of anilines is 2. The second-order valence-corrected chi connectivity index (χ2v) is 5.98. The van der Waals surface area contributed by atoms with Crippen molar-refractivity contribution in [3.63, 3.8) is 0 Å². The van der Waals surface area contributed by atoms with Crippen LogP contribution in [0.25, 0.3) is 0 Å². The molecule has 1 N–H and O–H groups in total. The van der Waals surface area contributed by atoms with Gasteiger partial charge in [-0.05, 0) is 48.6 Å². The molecule has 0 aromatic heterocycles. The fraction of sp³-hybridized carbons (Fsp3) is 0.333. The molecule has 2 aromatic carbocycles. The maximum absolute atomic E-state index is 3.48. The fourth-order valence-corrected chi connectivity index (χ4v) is 3.50. The van der Waals surface area contributed by atoms with Crippen LogP contribution in [0.4, 0.5) is 11.4 Å². The van der Waals surface area contributed by atoms with Gasteiger partial charge >= 0.3 is 0 Å². The van der Waals surface area contributed by atoms with Crippen molar-refractivity contribution in [3.8, 4) is 0 Å². The summed E-state index contributed by atoms with van der Waals surface area (Å²) in [5.74, 6) is 0. The largest absolute Gasteiger partial charge is 0.384 e. The van der Waals surface area contributed by atoms with Crippen molar-refractivity contribution in [2.24, 2.45) is 0 Å². The number of nitrogens with one attached hydrogen (secondary N) is 1. The first-order valence-electron chi connectivity index (χ1n) is 7.51. The monoisotopic (exact) mass is 264 g/mol. The zero-order valence-electron chi connectivity index (χ0n) is 11.9. The van der Waals surface area contributed by atoms with Crippen molar-refractivity contribution in [1.29, 1.82) is 0 Å². The van der Waals surface area contributed by atoms with Gasteiger partial charge in [-0.2, -0.15) is 0 Å². The van der Waals surface area contributed by atoms with Gasteiger partial charge in [0, 0.05) is 30.5 Å². The van der Waals surface area contributed by atoms with Gasteiger partial charge < -0.3 is 10.2 Å². The van der Waals surface area contributed by atoms with Crippen molar-refractivity contribution in [2.45, 2.75) is 32.4 Å². The van der Waals surface area contributed by atoms with Gasteiger partial charge in [-0.25, -0.2) is 0 Å². The van der Waals surface area contributed by atoms with E-state index in [0.717, 1.165) is 13.1 Å². The highest BCUT2D eigenvalue weighted by Crippen LogP contribution is 2.33. The predicted octanol–water partition coefficient (Wildman–Crippen LogP) is 3.61. The lowest BCUT2D eigenvalue weighted by Gasteiger charge is -2.25. The Balaban J connectivity index is 1.63. The van der Waals surface area contributed by atoms with E-state index in [9.17, 15) is 0 Å². The summed E-state index contributed by atoms with van der Waals surface area (Å²) in [6.45, 7) is 4.42. The molecule has 0 spiro atoms. The van der Waals surface area contributed by atoms with Crippen LogP contribution in [-0.2, 0) is 19.4 Å². The molecule has 0 fully saturated rings. The van der Waals surface area contributed by atoms with Gasteiger partial charge in [0.25, 0.3) is 0 Å². The summed E-state index contributed by atoms with van der Waals surface area (Å²) in [5, 5.41) is 3.48. The van der Waals surface area contributed by atoms with Crippen LogP contribution in [0.1, 0.15) is 23.6 Å². The summed E-state index contributed by atoms with van der Waals surface area (Å²) in [7, 11) is 0. The van der Waals surface area contributed by atoms with E-state index >= 15 is 0 Å². The molecule has 0 saturated heterocycles. The van der Waals surface area contributed by atoms with Crippen LogP contribution in [-0.4, -0.2) is 12.6 Å². The lowest BCUT2D eigenvalue weighted by molar-refractivity contribution is 0.672. The lowest BCUT2D eigenvalue weighted by Crippen LogP contribution is -2.28. The standard InChI is InChI=1S/C18H20N2/c1-13-10-16-4-2-3-5-18(16)20(13)12-14-6-7-15-8-9-19-17(15)11-14/h2-7,11,13,19H,8-10,12H2,1H3. The third kappa shape index (κ3) is 1.87. The second-order valence-electron chi connectivity index (χ2n) is 5.98. The molecule has 2 heteroatoms. The van der Waals surface area contributed by atoms with Gasteiger partial charge in [0.15, 0.2) is 0 Å². The van der Waals surface area contributed by atoms with Crippen molar-refractivity contribution in [3.05, 3.63) is 59.2 Å². The summed E-state index contributed by atoms with van der Waals surface area (Å²) in [5.41, 5.74) is 7.10. The summed E-state index contributed by atoms with van der Waals surface area (Å²) < 4.78 is 0. The average Bonchev–Trinajstić information content (AvgIpc) is 3.04. The quantitative estimate of drug-likeness (QED) is 0.891. The minimum absolute atomic E-state index is 0.591. The highest BCUT2D eigenvalue weighted by molar-refractivity contribution is 5.61. The lowest BCUT2D eigenvalue weighted by atomic mass is 10.1. The van der Waals surface area contributed by atoms with E-state index in [0.29, 0.717) is 6.04 Å². The molecule has 0 amide bonds. The normalized spacial score (nSPS) is 19.6. The zero-order valence-corrected chi connectivity index (χ0v) is 11.9. The molecule has 2 aromatic rings. The molecule has 20 heavy (non-hydrogen) atoms. The first-order valence-corrected chi connectivity index (χ1v) is 7.51. The van der Waals surface area contributed by atoms with Crippen molar-refractivity contribution >= 4 is 11.4 Å². The molecule has 2 heterocycles. The van der Waals surface area contributed by atoms with E-state index in [1.807, 2.05) is 0 Å². The SMILES string of the molecule is CC1Cc2ccccc2N1Cc1ccc2c(c1)NCC2. The maximum atomic E-state index is 3.48. The number of hydrogen-bond acceptors (Lipinski definition) is 2. The van der Waals surface area contributed by atoms with Crippen LogP contribution in [0.15, 0.2) is 42.5 Å². The predicted molar refractivity (Wildman–Crippen MR) is 84.4 cm³/mol. The Morgan fingerprint density at radius 2 is 2.05 bits per heavy atom. The average molecular weight is 264 g/mol. The maximum Gasteiger partial charge on any atom is 0.0433 e. The summed E-state index contributed by atoms with van der Waals surface area (Å²) >= 11 is 0. The Bertz CT molecular complexity index is 648. The summed E-state index contributed by atoms with van der Waals surface area (Å²) in [6, 6.07) is 16.3. The fourth-order valence-electron chi connectivity index (χ4n) is 3.50. The van der Waals surface area contributed by atoms with Crippen molar-refractivity contribution in [2.75, 3.05) is 16.8 Å². The number of para-hydroxylation sites is 1. The molecule has 2 aliphatic rings. The molecule has 0 radical (unpaired) electrons. The molecule has 1 atom stereocenters. The zero-order chi connectivity index (χ0) is 13.5. The Kier molecular flexibility index (Phi) is 2.69. The molecule has 0 bridgehead atoms. The van der Waals surface area contributed by atoms with Crippen LogP contribution < -0.4 is 10.2 Å². The third-order valence-corrected chi connectivity index (χ3v) is 4.59. The summed E-state index contributed by atoms with van der Waals surface area (Å²) in [4.78, 5) is 2.53. The minimum Gasteiger partial charge on any atom is -0.384 e. The summed E-state index contributed by atoms with van der Waals surface area (Å²) in [6.07, 6.45) is 2.33. The van der Waals surface area contributed by atoms with E-state index in [4.69, 9.17) is 0 Å². The van der Waals surface area contributed by atoms with Crippen molar-refractivity contribution in [1.82, 2.24) is 0 Å². The number of benzene rings is 2. The van der Waals surface area contributed by atoms with Gasteiger partial charge in [0.2, 0.25) is 0 Å². The topological polar surface area (TPSA) is 15.3 Å². The molecular weight excluding hydrogens is 244 g/mol. The first-order chi connectivity index (χ1) is 9.81. The molecule has 0 saturated carbocycles. The molecule has 2 nitrogen and oxygen atoms in total. The Hall–Kier alpha value is -1.96. The Labute approximate surface area is 120 Å². The van der Waals surface area contributed by atoms with Gasteiger partial charge in [0.1, 0.15) is 0 Å². The first kappa shape index (κ1) is 11.8. The van der Waals surface area contributed by atoms with Crippen molar-refractivity contribution < 1.29 is 0 Å². The molecule has 102 valence electrons. The number of nitrogens with zero attached hydrogens (tertiary/aromatic N) is 1. The second kappa shape index (κ2) is 4.55. The van der Waals surface area contributed by atoms with E-state index in [-0.39, 0.29) is 0 Å². The van der Waals surface area contributed by atoms with Crippen LogP contribution in [0.5, 0.6) is 0 Å². The van der Waals surface area contributed by atoms with E-state index in [1.54, 1.807) is 0 Å². The highest BCUT2D eigenvalue weighted by Gasteiger charge is 2.25. The van der Waals surface area contributed by atoms with E-state index in [1.165, 1.54) is 40.9 Å². The van der Waals surface area contributed by atoms with Gasteiger partial charge in [0.05, 0.1) is 0 Å². The Morgan fingerprint density at radius 3 is 3.00 bits per heavy atom. The molecule has 4 rings (SSSR count). The van der Waals surface area contributed by atoms with Gasteiger partial charge in [-0.1, -0.05) is 30.3 Å². The van der Waals surface area contributed by atoms with Gasteiger partial charge in [-0.15, -0.1) is 0 Å². The van der Waals surface area contributed by atoms with E-state index in [2.05, 4.69) is 59.6 Å². The molecule has 0 aliphatic carbocycles. The molecular formula is C18H20N2.